The predicted molar refractivity (Wildman–Crippen MR) is 80.6 cm³/mol. The number of carboxylic acid groups (broad SMARTS) is 1. The Morgan fingerprint density at radius 2 is 1.71 bits per heavy atom. The molecule has 6 aliphatic rings. The molecular weight excluding hydrogens is 260 g/mol. The molecule has 0 aliphatic heterocycles. The van der Waals surface area contributed by atoms with Crippen LogP contribution in [0.1, 0.15) is 51.9 Å². The molecule has 3 atom stereocenters. The molecule has 0 heterocycles. The Bertz CT molecular complexity index is 506. The summed E-state index contributed by atoms with van der Waals surface area (Å²) in [7, 11) is 0. The summed E-state index contributed by atoms with van der Waals surface area (Å²) in [5.74, 6) is 4.92. The molecule has 3 unspecified atom stereocenters. The lowest BCUT2D eigenvalue weighted by atomic mass is 9.49. The lowest BCUT2D eigenvalue weighted by molar-refractivity contribution is -0.150. The molecule has 0 aromatic heterocycles. The summed E-state index contributed by atoms with van der Waals surface area (Å²) in [6, 6.07) is 0. The number of carboxylic acids is 1. The molecule has 0 amide bonds. The molecule has 21 heavy (non-hydrogen) atoms. The summed E-state index contributed by atoms with van der Waals surface area (Å²) in [5, 5.41) is 9.74. The Labute approximate surface area is 127 Å². The third kappa shape index (κ3) is 1.57. The normalized spacial score (nSPS) is 56.8. The molecule has 0 aromatic rings. The Morgan fingerprint density at radius 1 is 1.10 bits per heavy atom. The Morgan fingerprint density at radius 3 is 2.24 bits per heavy atom. The van der Waals surface area contributed by atoms with Crippen molar-refractivity contribution < 1.29 is 9.90 Å². The van der Waals surface area contributed by atoms with E-state index in [9.17, 15) is 9.90 Å². The maximum absolute atomic E-state index is 11.8. The van der Waals surface area contributed by atoms with Gasteiger partial charge in [0.05, 0.1) is 5.41 Å². The van der Waals surface area contributed by atoms with Crippen LogP contribution in [0.3, 0.4) is 0 Å². The van der Waals surface area contributed by atoms with Gasteiger partial charge < -0.3 is 5.11 Å². The first-order valence-corrected chi connectivity index (χ1v) is 8.99. The van der Waals surface area contributed by atoms with E-state index in [1.807, 2.05) is 6.92 Å². The van der Waals surface area contributed by atoms with Crippen LogP contribution >= 0.6 is 0 Å². The maximum atomic E-state index is 11.8. The molecule has 0 radical (unpaired) electrons. The molecule has 0 aromatic carbocycles. The van der Waals surface area contributed by atoms with Gasteiger partial charge in [-0.25, -0.2) is 0 Å². The van der Waals surface area contributed by atoms with E-state index in [0.29, 0.717) is 11.8 Å². The van der Waals surface area contributed by atoms with Crippen molar-refractivity contribution in [2.75, 3.05) is 0 Å². The third-order valence-corrected chi connectivity index (χ3v) is 7.92. The Kier molecular flexibility index (Phi) is 2.39. The zero-order chi connectivity index (χ0) is 14.4. The average Bonchev–Trinajstić information content (AvgIpc) is 2.95. The first-order chi connectivity index (χ1) is 10.0. The van der Waals surface area contributed by atoms with Gasteiger partial charge in [-0.15, -0.1) is 0 Å². The van der Waals surface area contributed by atoms with Crippen molar-refractivity contribution in [1.82, 2.24) is 0 Å². The molecule has 6 aliphatic carbocycles. The zero-order valence-corrected chi connectivity index (χ0v) is 12.9. The quantitative estimate of drug-likeness (QED) is 0.775. The summed E-state index contributed by atoms with van der Waals surface area (Å²) in [4.78, 5) is 11.8. The van der Waals surface area contributed by atoms with Crippen molar-refractivity contribution in [2.24, 2.45) is 46.8 Å². The summed E-state index contributed by atoms with van der Waals surface area (Å²) >= 11 is 0. The second-order valence-corrected chi connectivity index (χ2v) is 9.10. The van der Waals surface area contributed by atoms with Gasteiger partial charge in [0.1, 0.15) is 0 Å². The van der Waals surface area contributed by atoms with Crippen LogP contribution in [0.25, 0.3) is 0 Å². The van der Waals surface area contributed by atoms with E-state index < -0.39 is 11.4 Å². The molecule has 0 spiro atoms. The fourth-order valence-corrected chi connectivity index (χ4v) is 7.40. The molecule has 2 nitrogen and oxygen atoms in total. The van der Waals surface area contributed by atoms with E-state index in [1.165, 1.54) is 32.1 Å². The second-order valence-electron chi connectivity index (χ2n) is 9.10. The van der Waals surface area contributed by atoms with Gasteiger partial charge in [-0.05, 0) is 93.3 Å². The first kappa shape index (κ1) is 12.7. The highest BCUT2D eigenvalue weighted by Gasteiger charge is 2.58. The van der Waals surface area contributed by atoms with Crippen molar-refractivity contribution >= 4 is 5.97 Å². The molecular formula is C19H26O2. The molecule has 6 bridgehead atoms. The van der Waals surface area contributed by atoms with Crippen LogP contribution in [-0.4, -0.2) is 11.1 Å². The average molecular weight is 286 g/mol. The molecule has 1 N–H and O–H groups in total. The second kappa shape index (κ2) is 3.94. The minimum absolute atomic E-state index is 0.350. The molecule has 5 fully saturated rings. The lowest BCUT2D eigenvalue weighted by Crippen LogP contribution is -2.47. The number of rotatable bonds is 2. The fourth-order valence-electron chi connectivity index (χ4n) is 7.40. The highest BCUT2D eigenvalue weighted by molar-refractivity contribution is 5.76. The molecule has 5 saturated carbocycles. The van der Waals surface area contributed by atoms with Gasteiger partial charge in [0.15, 0.2) is 0 Å². The SMILES string of the molecule is CC1(C(=O)O)CC2C=C(C3C4CC5CC(C4)CC3C5)C1C2. The zero-order valence-electron chi connectivity index (χ0n) is 12.9. The minimum atomic E-state index is -0.551. The van der Waals surface area contributed by atoms with Crippen LogP contribution in [0.15, 0.2) is 11.6 Å². The van der Waals surface area contributed by atoms with Crippen LogP contribution in [0.4, 0.5) is 0 Å². The van der Waals surface area contributed by atoms with Gasteiger partial charge in [0.2, 0.25) is 0 Å². The van der Waals surface area contributed by atoms with Crippen LogP contribution < -0.4 is 0 Å². The highest BCUT2D eigenvalue weighted by Crippen LogP contribution is 2.64. The smallest absolute Gasteiger partial charge is 0.309 e. The van der Waals surface area contributed by atoms with E-state index in [2.05, 4.69) is 6.08 Å². The summed E-state index contributed by atoms with van der Waals surface area (Å²) < 4.78 is 0. The number of allylic oxidation sites excluding steroid dienone is 2. The summed E-state index contributed by atoms with van der Waals surface area (Å²) in [6.45, 7) is 2.02. The van der Waals surface area contributed by atoms with Crippen molar-refractivity contribution in [3.05, 3.63) is 11.6 Å². The van der Waals surface area contributed by atoms with Gasteiger partial charge in [-0.1, -0.05) is 11.6 Å². The van der Waals surface area contributed by atoms with E-state index in [1.54, 1.807) is 5.57 Å². The van der Waals surface area contributed by atoms with Gasteiger partial charge in [0, 0.05) is 0 Å². The predicted octanol–water partition coefficient (Wildman–Crippen LogP) is 4.12. The van der Waals surface area contributed by atoms with Gasteiger partial charge >= 0.3 is 5.97 Å². The summed E-state index contributed by atoms with van der Waals surface area (Å²) in [5.41, 5.74) is 1.13. The number of hydrogen-bond acceptors (Lipinski definition) is 1. The van der Waals surface area contributed by atoms with Crippen LogP contribution in [0.5, 0.6) is 0 Å². The number of hydrogen-bond donors (Lipinski definition) is 1. The molecule has 2 heteroatoms. The maximum Gasteiger partial charge on any atom is 0.309 e. The van der Waals surface area contributed by atoms with E-state index >= 15 is 0 Å². The van der Waals surface area contributed by atoms with Crippen LogP contribution in [0, 0.1) is 46.8 Å². The van der Waals surface area contributed by atoms with Crippen molar-refractivity contribution in [3.63, 3.8) is 0 Å². The topological polar surface area (TPSA) is 37.3 Å². The minimum Gasteiger partial charge on any atom is -0.481 e. The first-order valence-electron chi connectivity index (χ1n) is 8.99. The third-order valence-electron chi connectivity index (χ3n) is 7.92. The van der Waals surface area contributed by atoms with Crippen molar-refractivity contribution in [3.8, 4) is 0 Å². The fraction of sp³-hybridized carbons (Fsp3) is 0.842. The monoisotopic (exact) mass is 286 g/mol. The van der Waals surface area contributed by atoms with Gasteiger partial charge in [-0.2, -0.15) is 0 Å². The Hall–Kier alpha value is -0.790. The molecule has 114 valence electrons. The van der Waals surface area contributed by atoms with Crippen molar-refractivity contribution in [2.45, 2.75) is 51.9 Å². The lowest BCUT2D eigenvalue weighted by Gasteiger charge is -2.56. The standard InChI is InChI=1S/C19H26O2/c1-19(18(20)21)9-12-7-15(16(19)8-12)17-13-3-10-2-11(5-13)6-14(17)4-10/h7,10-14,16-17H,2-6,8-9H2,1H3,(H,20,21). The van der Waals surface area contributed by atoms with E-state index in [-0.39, 0.29) is 0 Å². The van der Waals surface area contributed by atoms with E-state index in [0.717, 1.165) is 42.4 Å². The van der Waals surface area contributed by atoms with Crippen LogP contribution in [-0.2, 0) is 4.79 Å². The van der Waals surface area contributed by atoms with Crippen LogP contribution in [0.2, 0.25) is 0 Å². The van der Waals surface area contributed by atoms with Gasteiger partial charge in [-0.3, -0.25) is 4.79 Å². The molecule has 6 rings (SSSR count). The molecule has 0 saturated heterocycles. The van der Waals surface area contributed by atoms with E-state index in [4.69, 9.17) is 0 Å². The highest BCUT2D eigenvalue weighted by atomic mass is 16.4. The van der Waals surface area contributed by atoms with Gasteiger partial charge in [0.25, 0.3) is 0 Å². The number of aliphatic carboxylic acids is 1. The largest absolute Gasteiger partial charge is 0.481 e. The summed E-state index contributed by atoms with van der Waals surface area (Å²) in [6.07, 6.45) is 11.8. The Balaban J connectivity index is 1.49. The number of carbonyl (C=O) groups is 1. The number of fused-ring (bicyclic) bond motifs is 2. The van der Waals surface area contributed by atoms with Crippen molar-refractivity contribution in [1.29, 1.82) is 0 Å².